The Balaban J connectivity index is 1.96. The van der Waals surface area contributed by atoms with Gasteiger partial charge in [-0.15, -0.1) is 0 Å². The molecule has 0 fully saturated rings. The van der Waals surface area contributed by atoms with Crippen LogP contribution < -0.4 is 0 Å². The second-order valence-corrected chi connectivity index (χ2v) is 6.51. The number of rotatable bonds is 6. The lowest BCUT2D eigenvalue weighted by Crippen LogP contribution is -2.24. The number of nitrogens with zero attached hydrogens (tertiary/aromatic N) is 3. The largest absolute Gasteiger partial charge is 0.478 e. The molecule has 0 saturated heterocycles. The first-order valence-corrected chi connectivity index (χ1v) is 8.81. The third-order valence-corrected chi connectivity index (χ3v) is 4.29. The maximum absolute atomic E-state index is 12.2. The summed E-state index contributed by atoms with van der Waals surface area (Å²) in [7, 11) is 1.63. The van der Waals surface area contributed by atoms with Crippen molar-refractivity contribution >= 4 is 11.9 Å². The molecule has 0 radical (unpaired) electrons. The van der Waals surface area contributed by atoms with Gasteiger partial charge in [0.25, 0.3) is 0 Å². The summed E-state index contributed by atoms with van der Waals surface area (Å²) < 4.78 is 1.79. The molecule has 3 aromatic rings. The van der Waals surface area contributed by atoms with Gasteiger partial charge in [0.2, 0.25) is 5.91 Å². The van der Waals surface area contributed by atoms with Crippen molar-refractivity contribution in [2.75, 3.05) is 7.05 Å². The number of aliphatic carboxylic acids is 1. The van der Waals surface area contributed by atoms with Crippen LogP contribution in [-0.2, 0) is 16.1 Å². The Hall–Kier alpha value is -3.67. The molecule has 1 heterocycles. The van der Waals surface area contributed by atoms with E-state index in [2.05, 4.69) is 0 Å². The fraction of sp³-hybridized carbons (Fsp3) is 0.136. The SMILES string of the molecule is Cc1ccc(-c2nn(-c3ccccc3)cc2CN(C)C(=O)C=CC(=O)O)cc1. The molecule has 3 rings (SSSR count). The lowest BCUT2D eigenvalue weighted by Gasteiger charge is -2.15. The van der Waals surface area contributed by atoms with Gasteiger partial charge in [-0.25, -0.2) is 9.48 Å². The number of carbonyl (C=O) groups excluding carboxylic acids is 1. The van der Waals surface area contributed by atoms with E-state index in [4.69, 9.17) is 10.2 Å². The minimum atomic E-state index is -1.15. The van der Waals surface area contributed by atoms with Crippen molar-refractivity contribution in [2.24, 2.45) is 0 Å². The Bertz CT molecular complexity index is 1010. The predicted molar refractivity (Wildman–Crippen MR) is 107 cm³/mol. The Labute approximate surface area is 163 Å². The number of carboxylic acid groups (broad SMARTS) is 1. The van der Waals surface area contributed by atoms with E-state index in [0.717, 1.165) is 40.2 Å². The number of aryl methyl sites for hydroxylation is 1. The molecule has 6 heteroatoms. The zero-order chi connectivity index (χ0) is 20.1. The van der Waals surface area contributed by atoms with Gasteiger partial charge in [0.15, 0.2) is 0 Å². The summed E-state index contributed by atoms with van der Waals surface area (Å²) in [6, 6.07) is 17.8. The number of hydrogen-bond acceptors (Lipinski definition) is 3. The third kappa shape index (κ3) is 4.54. The molecule has 0 aliphatic carbocycles. The van der Waals surface area contributed by atoms with E-state index in [-0.39, 0.29) is 5.91 Å². The van der Waals surface area contributed by atoms with Gasteiger partial charge in [-0.2, -0.15) is 5.10 Å². The smallest absolute Gasteiger partial charge is 0.328 e. The standard InChI is InChI=1S/C22H21N3O3/c1-16-8-10-17(11-9-16)22-18(14-24(2)20(26)12-13-21(27)28)15-25(23-22)19-6-4-3-5-7-19/h3-13,15H,14H2,1-2H3,(H,27,28). The number of aromatic nitrogens is 2. The molecule has 6 nitrogen and oxygen atoms in total. The van der Waals surface area contributed by atoms with Gasteiger partial charge in [-0.05, 0) is 19.1 Å². The number of hydrogen-bond donors (Lipinski definition) is 1. The van der Waals surface area contributed by atoms with Gasteiger partial charge in [0.05, 0.1) is 11.4 Å². The van der Waals surface area contributed by atoms with Crippen LogP contribution in [0.4, 0.5) is 0 Å². The van der Waals surface area contributed by atoms with E-state index in [0.29, 0.717) is 6.54 Å². The van der Waals surface area contributed by atoms with E-state index in [1.807, 2.05) is 67.7 Å². The number of benzene rings is 2. The second kappa shape index (κ2) is 8.35. The number of likely N-dealkylation sites (N-methyl/N-ethyl adjacent to an activating group) is 1. The van der Waals surface area contributed by atoms with Crippen LogP contribution in [0.3, 0.4) is 0 Å². The first kappa shape index (κ1) is 19.1. The van der Waals surface area contributed by atoms with Crippen molar-refractivity contribution in [3.8, 4) is 16.9 Å². The van der Waals surface area contributed by atoms with Crippen LogP contribution in [0.1, 0.15) is 11.1 Å². The first-order valence-electron chi connectivity index (χ1n) is 8.81. The predicted octanol–water partition coefficient (Wildman–Crippen LogP) is 3.45. The lowest BCUT2D eigenvalue weighted by atomic mass is 10.1. The third-order valence-electron chi connectivity index (χ3n) is 4.29. The molecular formula is C22H21N3O3. The van der Waals surface area contributed by atoms with Crippen LogP contribution >= 0.6 is 0 Å². The molecule has 1 aromatic heterocycles. The van der Waals surface area contributed by atoms with Crippen LogP contribution in [0.5, 0.6) is 0 Å². The monoisotopic (exact) mass is 375 g/mol. The number of amides is 1. The zero-order valence-electron chi connectivity index (χ0n) is 15.7. The van der Waals surface area contributed by atoms with E-state index in [9.17, 15) is 9.59 Å². The quantitative estimate of drug-likeness (QED) is 0.670. The Kier molecular flexibility index (Phi) is 5.69. The van der Waals surface area contributed by atoms with Gasteiger partial charge in [0.1, 0.15) is 0 Å². The highest BCUT2D eigenvalue weighted by atomic mass is 16.4. The van der Waals surface area contributed by atoms with Gasteiger partial charge >= 0.3 is 5.97 Å². The summed E-state index contributed by atoms with van der Waals surface area (Å²) in [5.74, 6) is -1.54. The number of para-hydroxylation sites is 1. The Morgan fingerprint density at radius 3 is 2.39 bits per heavy atom. The van der Waals surface area contributed by atoms with Crippen molar-refractivity contribution in [3.05, 3.63) is 84.1 Å². The van der Waals surface area contributed by atoms with Crippen molar-refractivity contribution < 1.29 is 14.7 Å². The van der Waals surface area contributed by atoms with E-state index in [1.165, 1.54) is 4.90 Å². The Morgan fingerprint density at radius 1 is 1.07 bits per heavy atom. The maximum Gasteiger partial charge on any atom is 0.328 e. The lowest BCUT2D eigenvalue weighted by molar-refractivity contribution is -0.132. The molecule has 0 unspecified atom stereocenters. The maximum atomic E-state index is 12.2. The normalized spacial score (nSPS) is 10.9. The summed E-state index contributed by atoms with van der Waals surface area (Å²) in [4.78, 5) is 24.3. The fourth-order valence-corrected chi connectivity index (χ4v) is 2.80. The van der Waals surface area contributed by atoms with Crippen LogP contribution in [0.2, 0.25) is 0 Å². The molecular weight excluding hydrogens is 354 g/mol. The molecule has 1 N–H and O–H groups in total. The minimum Gasteiger partial charge on any atom is -0.478 e. The van der Waals surface area contributed by atoms with E-state index < -0.39 is 5.97 Å². The minimum absolute atomic E-state index is 0.304. The Morgan fingerprint density at radius 2 is 1.75 bits per heavy atom. The van der Waals surface area contributed by atoms with Crippen LogP contribution in [0.15, 0.2) is 72.9 Å². The molecule has 142 valence electrons. The van der Waals surface area contributed by atoms with Crippen molar-refractivity contribution in [3.63, 3.8) is 0 Å². The van der Waals surface area contributed by atoms with Gasteiger partial charge in [-0.3, -0.25) is 4.79 Å². The van der Waals surface area contributed by atoms with Crippen LogP contribution in [0.25, 0.3) is 16.9 Å². The van der Waals surface area contributed by atoms with Crippen LogP contribution in [-0.4, -0.2) is 38.7 Å². The zero-order valence-corrected chi connectivity index (χ0v) is 15.7. The summed E-state index contributed by atoms with van der Waals surface area (Å²) in [5, 5.41) is 13.4. The molecule has 1 amide bonds. The molecule has 0 aliphatic rings. The van der Waals surface area contributed by atoms with E-state index in [1.54, 1.807) is 11.7 Å². The topological polar surface area (TPSA) is 75.4 Å². The average molecular weight is 375 g/mol. The summed E-state index contributed by atoms with van der Waals surface area (Å²) in [6.45, 7) is 2.33. The van der Waals surface area contributed by atoms with Crippen molar-refractivity contribution in [2.45, 2.75) is 13.5 Å². The van der Waals surface area contributed by atoms with E-state index >= 15 is 0 Å². The number of carbonyl (C=O) groups is 2. The molecule has 0 bridgehead atoms. The summed E-state index contributed by atoms with van der Waals surface area (Å²) in [5.41, 5.74) is 4.68. The average Bonchev–Trinajstić information content (AvgIpc) is 3.11. The molecule has 0 aliphatic heterocycles. The van der Waals surface area contributed by atoms with Crippen molar-refractivity contribution in [1.82, 2.24) is 14.7 Å². The highest BCUT2D eigenvalue weighted by molar-refractivity contribution is 5.93. The van der Waals surface area contributed by atoms with Crippen LogP contribution in [0, 0.1) is 6.92 Å². The molecule has 2 aromatic carbocycles. The van der Waals surface area contributed by atoms with Crippen molar-refractivity contribution in [1.29, 1.82) is 0 Å². The summed E-state index contributed by atoms with van der Waals surface area (Å²) in [6.07, 6.45) is 3.79. The van der Waals surface area contributed by atoms with Gasteiger partial charge in [-0.1, -0.05) is 48.0 Å². The highest BCUT2D eigenvalue weighted by Gasteiger charge is 2.16. The first-order chi connectivity index (χ1) is 13.4. The van der Waals surface area contributed by atoms with Gasteiger partial charge < -0.3 is 10.0 Å². The molecule has 28 heavy (non-hydrogen) atoms. The highest BCUT2D eigenvalue weighted by Crippen LogP contribution is 2.25. The molecule has 0 atom stereocenters. The number of carboxylic acids is 1. The molecule has 0 saturated carbocycles. The second-order valence-electron chi connectivity index (χ2n) is 6.51. The summed E-state index contributed by atoms with van der Waals surface area (Å²) >= 11 is 0. The fourth-order valence-electron chi connectivity index (χ4n) is 2.80. The van der Waals surface area contributed by atoms with Gasteiger partial charge in [0, 0.05) is 43.1 Å². The molecule has 0 spiro atoms.